The SMILES string of the molecule is CC1C2C=C(CCC[Si](C)(C)O[Si](C)(C)O[Si](C)(C)CCCC3=CC4CC3C(C)C4C)C(C2)C1C. The number of rotatable bonds is 12. The summed E-state index contributed by atoms with van der Waals surface area (Å²) in [5, 5.41) is 0. The van der Waals surface area contributed by atoms with Gasteiger partial charge in [0.05, 0.1) is 0 Å². The van der Waals surface area contributed by atoms with E-state index in [1.807, 2.05) is 0 Å². The summed E-state index contributed by atoms with van der Waals surface area (Å²) in [6, 6.07) is 2.53. The topological polar surface area (TPSA) is 18.5 Å². The zero-order valence-corrected chi connectivity index (χ0v) is 27.7. The van der Waals surface area contributed by atoms with Crippen molar-refractivity contribution in [1.82, 2.24) is 0 Å². The zero-order valence-electron chi connectivity index (χ0n) is 24.7. The van der Waals surface area contributed by atoms with Crippen LogP contribution < -0.4 is 0 Å². The van der Waals surface area contributed by atoms with Crippen LogP contribution in [-0.4, -0.2) is 25.2 Å². The van der Waals surface area contributed by atoms with Crippen LogP contribution in [0.1, 0.15) is 66.2 Å². The molecule has 8 unspecified atom stereocenters. The van der Waals surface area contributed by atoms with Gasteiger partial charge in [-0.3, -0.25) is 0 Å². The predicted molar refractivity (Wildman–Crippen MR) is 159 cm³/mol. The van der Waals surface area contributed by atoms with Crippen LogP contribution in [0.15, 0.2) is 23.3 Å². The Hall–Kier alpha value is 0.0506. The molecule has 4 aliphatic rings. The molecule has 0 heterocycles. The summed E-state index contributed by atoms with van der Waals surface area (Å²) in [5.41, 5.74) is 3.56. The molecule has 4 bridgehead atoms. The van der Waals surface area contributed by atoms with Crippen LogP contribution in [0.5, 0.6) is 0 Å². The smallest absolute Gasteiger partial charge is 0.311 e. The van der Waals surface area contributed by atoms with Crippen molar-refractivity contribution in [2.45, 2.75) is 118 Å². The summed E-state index contributed by atoms with van der Waals surface area (Å²) >= 11 is 0. The molecule has 200 valence electrons. The third-order valence-electron chi connectivity index (χ3n) is 10.7. The predicted octanol–water partition coefficient (Wildman–Crippen LogP) is 9.39. The van der Waals surface area contributed by atoms with E-state index in [0.717, 1.165) is 47.3 Å². The van der Waals surface area contributed by atoms with Gasteiger partial charge in [0.25, 0.3) is 0 Å². The molecule has 35 heavy (non-hydrogen) atoms. The van der Waals surface area contributed by atoms with Crippen LogP contribution in [0.4, 0.5) is 0 Å². The zero-order chi connectivity index (χ0) is 25.8. The van der Waals surface area contributed by atoms with Crippen molar-refractivity contribution in [1.29, 1.82) is 0 Å². The largest absolute Gasteiger partial charge is 0.437 e. The summed E-state index contributed by atoms with van der Waals surface area (Å²) in [5.74, 6) is 7.06. The first-order chi connectivity index (χ1) is 16.2. The van der Waals surface area contributed by atoms with Gasteiger partial charge < -0.3 is 8.23 Å². The number of hydrogen-bond donors (Lipinski definition) is 0. The normalized spacial score (nSPS) is 36.7. The lowest BCUT2D eigenvalue weighted by molar-refractivity contribution is 0.347. The monoisotopic (exact) mass is 532 g/mol. The summed E-state index contributed by atoms with van der Waals surface area (Å²) < 4.78 is 13.9. The summed E-state index contributed by atoms with van der Waals surface area (Å²) in [6.45, 7) is 24.3. The highest BCUT2D eigenvalue weighted by Crippen LogP contribution is 2.53. The van der Waals surface area contributed by atoms with E-state index in [0.29, 0.717) is 0 Å². The number of hydrogen-bond acceptors (Lipinski definition) is 2. The molecule has 2 fully saturated rings. The summed E-state index contributed by atoms with van der Waals surface area (Å²) in [4.78, 5) is 0. The van der Waals surface area contributed by atoms with Gasteiger partial charge in [0.1, 0.15) is 0 Å². The van der Waals surface area contributed by atoms with Crippen molar-refractivity contribution < 1.29 is 8.23 Å². The van der Waals surface area contributed by atoms with E-state index >= 15 is 0 Å². The van der Waals surface area contributed by atoms with Gasteiger partial charge in [-0.2, -0.15) is 0 Å². The molecule has 5 heteroatoms. The lowest BCUT2D eigenvalue weighted by Gasteiger charge is -2.39. The van der Waals surface area contributed by atoms with Gasteiger partial charge in [-0.05, 0) is 137 Å². The van der Waals surface area contributed by atoms with Crippen molar-refractivity contribution >= 4 is 25.2 Å². The number of fused-ring (bicyclic) bond motifs is 4. The molecule has 4 aliphatic carbocycles. The van der Waals surface area contributed by atoms with E-state index < -0.39 is 25.2 Å². The molecule has 0 aromatic rings. The summed E-state index contributed by atoms with van der Waals surface area (Å²) in [6.07, 6.45) is 13.4. The fourth-order valence-corrected chi connectivity index (χ4v) is 22.7. The van der Waals surface area contributed by atoms with Crippen LogP contribution in [0, 0.1) is 47.3 Å². The fourth-order valence-electron chi connectivity index (χ4n) is 8.60. The van der Waals surface area contributed by atoms with E-state index in [2.05, 4.69) is 79.1 Å². The van der Waals surface area contributed by atoms with Crippen LogP contribution in [0.2, 0.25) is 51.4 Å². The van der Waals surface area contributed by atoms with Crippen LogP contribution in [0.3, 0.4) is 0 Å². The van der Waals surface area contributed by atoms with Crippen molar-refractivity contribution in [3.8, 4) is 0 Å². The highest BCUT2D eigenvalue weighted by atomic mass is 28.5. The lowest BCUT2D eigenvalue weighted by atomic mass is 9.80. The Labute approximate surface area is 221 Å². The minimum absolute atomic E-state index is 0.866. The van der Waals surface area contributed by atoms with Gasteiger partial charge >= 0.3 is 8.56 Å². The maximum Gasteiger partial charge on any atom is 0.311 e. The Morgan fingerprint density at radius 1 is 0.629 bits per heavy atom. The van der Waals surface area contributed by atoms with E-state index in [4.69, 9.17) is 8.23 Å². The van der Waals surface area contributed by atoms with E-state index in [1.165, 1.54) is 50.6 Å². The maximum absolute atomic E-state index is 6.93. The Morgan fingerprint density at radius 3 is 1.31 bits per heavy atom. The highest BCUT2D eigenvalue weighted by Gasteiger charge is 2.45. The van der Waals surface area contributed by atoms with Crippen LogP contribution in [0.25, 0.3) is 0 Å². The second-order valence-electron chi connectivity index (χ2n) is 14.8. The first kappa shape index (κ1) is 28.1. The molecule has 2 nitrogen and oxygen atoms in total. The Kier molecular flexibility index (Phi) is 8.27. The Morgan fingerprint density at radius 2 is 1.00 bits per heavy atom. The molecule has 0 radical (unpaired) electrons. The van der Waals surface area contributed by atoms with Gasteiger partial charge in [0, 0.05) is 0 Å². The highest BCUT2D eigenvalue weighted by molar-refractivity contribution is 6.87. The maximum atomic E-state index is 6.93. The first-order valence-corrected chi connectivity index (χ1v) is 24.0. The minimum Gasteiger partial charge on any atom is -0.437 e. The van der Waals surface area contributed by atoms with E-state index in [9.17, 15) is 0 Å². The molecule has 0 aromatic heterocycles. The minimum atomic E-state index is -2.11. The molecule has 0 aliphatic heterocycles. The Balaban J connectivity index is 1.19. The molecule has 4 rings (SSSR count). The lowest BCUT2D eigenvalue weighted by Crippen LogP contribution is -2.52. The molecule has 0 saturated heterocycles. The molecule has 0 amide bonds. The fraction of sp³-hybridized carbons (Fsp3) is 0.867. The summed E-state index contributed by atoms with van der Waals surface area (Å²) in [7, 11) is -5.54. The van der Waals surface area contributed by atoms with Gasteiger partial charge in [0.15, 0.2) is 16.6 Å². The van der Waals surface area contributed by atoms with E-state index in [-0.39, 0.29) is 0 Å². The second kappa shape index (κ2) is 10.3. The van der Waals surface area contributed by atoms with Crippen molar-refractivity contribution in [2.24, 2.45) is 47.3 Å². The van der Waals surface area contributed by atoms with Crippen molar-refractivity contribution in [3.05, 3.63) is 23.3 Å². The van der Waals surface area contributed by atoms with Crippen molar-refractivity contribution in [2.75, 3.05) is 0 Å². The standard InChI is InChI=1S/C30H56O2Si3/c1-21-23(3)29-19-27(21)17-25(29)13-11-15-33(5,6)31-35(9,10)32-34(7,8)16-12-14-26-18-28-20-30(26)24(4)22(28)2/h17-18,21-24,27-30H,11-16,19-20H2,1-10H3. The average molecular weight is 533 g/mol. The van der Waals surface area contributed by atoms with Gasteiger partial charge in [-0.25, -0.2) is 0 Å². The van der Waals surface area contributed by atoms with Gasteiger partial charge in [0.2, 0.25) is 0 Å². The van der Waals surface area contributed by atoms with E-state index in [1.54, 1.807) is 11.1 Å². The quantitative estimate of drug-likeness (QED) is 0.184. The van der Waals surface area contributed by atoms with Crippen LogP contribution >= 0.6 is 0 Å². The third-order valence-corrected chi connectivity index (χ3v) is 22.1. The molecule has 2 saturated carbocycles. The molecule has 0 aromatic carbocycles. The average Bonchev–Trinajstić information content (AvgIpc) is 3.44. The Bertz CT molecular complexity index is 763. The molecule has 0 spiro atoms. The van der Waals surface area contributed by atoms with Crippen molar-refractivity contribution in [3.63, 3.8) is 0 Å². The van der Waals surface area contributed by atoms with Gasteiger partial charge in [-0.1, -0.05) is 51.0 Å². The van der Waals surface area contributed by atoms with Gasteiger partial charge in [-0.15, -0.1) is 0 Å². The second-order valence-corrected chi connectivity index (χ2v) is 27.2. The third kappa shape index (κ3) is 6.38. The van der Waals surface area contributed by atoms with Crippen LogP contribution in [-0.2, 0) is 8.23 Å². The molecule has 0 N–H and O–H groups in total. The molecule has 8 atom stereocenters. The molecular formula is C30H56O2Si3. The molecular weight excluding hydrogens is 477 g/mol. The number of allylic oxidation sites excluding steroid dienone is 4. The first-order valence-electron chi connectivity index (χ1n) is 15.0.